The molecule has 0 spiro atoms. The lowest BCUT2D eigenvalue weighted by molar-refractivity contribution is 0.0760. The molecule has 0 radical (unpaired) electrons. The molecule has 1 N–H and O–H groups in total. The maximum atomic E-state index is 12.3. The Bertz CT molecular complexity index is 542. The molecule has 1 aromatic rings. The Morgan fingerprint density at radius 2 is 1.92 bits per heavy atom. The number of rotatable bonds is 4. The Kier molecular flexibility index (Phi) is 6.39. The molecule has 0 atom stereocenters. The Morgan fingerprint density at radius 1 is 1.12 bits per heavy atom. The first-order valence-electron chi connectivity index (χ1n) is 9.58. The third-order valence-electron chi connectivity index (χ3n) is 5.43. The van der Waals surface area contributed by atoms with Crippen LogP contribution in [0.25, 0.3) is 0 Å². The average molecular weight is 345 g/mol. The van der Waals surface area contributed by atoms with Crippen LogP contribution in [0, 0.1) is 0 Å². The van der Waals surface area contributed by atoms with Crippen molar-refractivity contribution in [3.05, 3.63) is 30.1 Å². The number of amides is 1. The number of piperidine rings is 1. The van der Waals surface area contributed by atoms with Gasteiger partial charge in [0.1, 0.15) is 5.69 Å². The van der Waals surface area contributed by atoms with E-state index in [0.717, 1.165) is 32.6 Å². The zero-order chi connectivity index (χ0) is 17.6. The molecule has 1 aromatic heterocycles. The lowest BCUT2D eigenvalue weighted by atomic mass is 10.0. The first-order chi connectivity index (χ1) is 12.1. The van der Waals surface area contributed by atoms with Gasteiger partial charge in [-0.25, -0.2) is 5.01 Å². The van der Waals surface area contributed by atoms with Gasteiger partial charge in [0.15, 0.2) is 0 Å². The fourth-order valence-electron chi connectivity index (χ4n) is 3.88. The average Bonchev–Trinajstić information content (AvgIpc) is 2.88. The van der Waals surface area contributed by atoms with Crippen LogP contribution in [0.5, 0.6) is 0 Å². The van der Waals surface area contributed by atoms with E-state index in [1.54, 1.807) is 12.3 Å². The standard InChI is InChI=1S/C19H31N5O/c1-16(2)22-12-7-17(8-13-22)23-10-5-11-24(15-14-23)21-19(25)18-6-3-4-9-20-18/h3-4,6,9,16-17H,5,7-8,10-15H2,1-2H3,(H,21,25). The molecule has 25 heavy (non-hydrogen) atoms. The number of nitrogens with zero attached hydrogens (tertiary/aromatic N) is 4. The molecule has 3 heterocycles. The van der Waals surface area contributed by atoms with Crippen LogP contribution in [-0.4, -0.2) is 77.1 Å². The van der Waals surface area contributed by atoms with E-state index in [0.29, 0.717) is 17.8 Å². The maximum Gasteiger partial charge on any atom is 0.284 e. The molecule has 2 saturated heterocycles. The SMILES string of the molecule is CC(C)N1CCC(N2CCCN(NC(=O)c3ccccn3)CC2)CC1. The van der Waals surface area contributed by atoms with Crippen LogP contribution in [0.2, 0.25) is 0 Å². The number of likely N-dealkylation sites (tertiary alicyclic amines) is 1. The minimum Gasteiger partial charge on any atom is -0.301 e. The minimum atomic E-state index is -0.112. The summed E-state index contributed by atoms with van der Waals surface area (Å²) in [5, 5.41) is 2.06. The summed E-state index contributed by atoms with van der Waals surface area (Å²) in [7, 11) is 0. The highest BCUT2D eigenvalue weighted by Crippen LogP contribution is 2.19. The molecular weight excluding hydrogens is 314 g/mol. The van der Waals surface area contributed by atoms with Gasteiger partial charge in [0.25, 0.3) is 5.91 Å². The van der Waals surface area contributed by atoms with E-state index in [1.807, 2.05) is 12.1 Å². The van der Waals surface area contributed by atoms with Gasteiger partial charge in [0, 0.05) is 37.9 Å². The molecule has 0 aromatic carbocycles. The number of hydrogen-bond acceptors (Lipinski definition) is 5. The topological polar surface area (TPSA) is 51.7 Å². The van der Waals surface area contributed by atoms with Crippen LogP contribution in [0.4, 0.5) is 0 Å². The Labute approximate surface area is 151 Å². The fraction of sp³-hybridized carbons (Fsp3) is 0.684. The van der Waals surface area contributed by atoms with Gasteiger partial charge in [-0.15, -0.1) is 0 Å². The first kappa shape index (κ1) is 18.3. The first-order valence-corrected chi connectivity index (χ1v) is 9.58. The molecular formula is C19H31N5O. The van der Waals surface area contributed by atoms with Crippen molar-refractivity contribution in [2.75, 3.05) is 39.3 Å². The molecule has 0 bridgehead atoms. The summed E-state index contributed by atoms with van der Waals surface area (Å²) in [6.45, 7) is 10.9. The number of carbonyl (C=O) groups is 1. The summed E-state index contributed by atoms with van der Waals surface area (Å²) < 4.78 is 0. The molecule has 0 unspecified atom stereocenters. The van der Waals surface area contributed by atoms with Gasteiger partial charge in [0.05, 0.1) is 0 Å². The van der Waals surface area contributed by atoms with Crippen molar-refractivity contribution in [1.29, 1.82) is 0 Å². The maximum absolute atomic E-state index is 12.3. The molecule has 2 fully saturated rings. The lowest BCUT2D eigenvalue weighted by Gasteiger charge is -2.39. The van der Waals surface area contributed by atoms with Gasteiger partial charge >= 0.3 is 0 Å². The van der Waals surface area contributed by atoms with Crippen LogP contribution in [0.15, 0.2) is 24.4 Å². The van der Waals surface area contributed by atoms with Gasteiger partial charge < -0.3 is 4.90 Å². The second-order valence-corrected chi connectivity index (χ2v) is 7.39. The number of nitrogens with one attached hydrogen (secondary N) is 1. The summed E-state index contributed by atoms with van der Waals surface area (Å²) in [6, 6.07) is 6.77. The van der Waals surface area contributed by atoms with E-state index in [4.69, 9.17) is 0 Å². The Morgan fingerprint density at radius 3 is 2.60 bits per heavy atom. The molecule has 2 aliphatic rings. The van der Waals surface area contributed by atoms with Crippen LogP contribution in [0.3, 0.4) is 0 Å². The molecule has 3 rings (SSSR count). The summed E-state index contributed by atoms with van der Waals surface area (Å²) in [5.41, 5.74) is 3.49. The summed E-state index contributed by atoms with van der Waals surface area (Å²) in [4.78, 5) is 21.6. The number of aromatic nitrogens is 1. The van der Waals surface area contributed by atoms with Crippen LogP contribution in [0.1, 0.15) is 43.6 Å². The zero-order valence-corrected chi connectivity index (χ0v) is 15.5. The number of pyridine rings is 1. The van der Waals surface area contributed by atoms with Gasteiger partial charge in [-0.05, 0) is 64.9 Å². The van der Waals surface area contributed by atoms with E-state index in [2.05, 4.69) is 39.1 Å². The van der Waals surface area contributed by atoms with Crippen molar-refractivity contribution >= 4 is 5.91 Å². The molecule has 0 aliphatic carbocycles. The van der Waals surface area contributed by atoms with Crippen molar-refractivity contribution in [3.63, 3.8) is 0 Å². The molecule has 6 nitrogen and oxygen atoms in total. The van der Waals surface area contributed by atoms with Crippen LogP contribution < -0.4 is 5.43 Å². The van der Waals surface area contributed by atoms with E-state index < -0.39 is 0 Å². The van der Waals surface area contributed by atoms with E-state index >= 15 is 0 Å². The number of hydrogen-bond donors (Lipinski definition) is 1. The van der Waals surface area contributed by atoms with Crippen molar-refractivity contribution in [2.24, 2.45) is 0 Å². The predicted octanol–water partition coefficient (Wildman–Crippen LogP) is 1.61. The highest BCUT2D eigenvalue weighted by Gasteiger charge is 2.27. The van der Waals surface area contributed by atoms with Gasteiger partial charge in [0.2, 0.25) is 0 Å². The van der Waals surface area contributed by atoms with Crippen LogP contribution in [-0.2, 0) is 0 Å². The molecule has 1 amide bonds. The van der Waals surface area contributed by atoms with E-state index in [1.165, 1.54) is 25.9 Å². The van der Waals surface area contributed by atoms with Gasteiger partial charge in [-0.3, -0.25) is 20.1 Å². The van der Waals surface area contributed by atoms with Gasteiger partial charge in [-0.2, -0.15) is 0 Å². The lowest BCUT2D eigenvalue weighted by Crippen LogP contribution is -2.48. The third kappa shape index (κ3) is 5.00. The number of carbonyl (C=O) groups excluding carboxylic acids is 1. The molecule has 138 valence electrons. The fourth-order valence-corrected chi connectivity index (χ4v) is 3.88. The third-order valence-corrected chi connectivity index (χ3v) is 5.43. The monoisotopic (exact) mass is 345 g/mol. The predicted molar refractivity (Wildman–Crippen MR) is 99.2 cm³/mol. The van der Waals surface area contributed by atoms with Crippen molar-refractivity contribution in [3.8, 4) is 0 Å². The molecule has 6 heteroatoms. The Balaban J connectivity index is 1.47. The van der Waals surface area contributed by atoms with Crippen molar-refractivity contribution in [1.82, 2.24) is 25.2 Å². The molecule has 2 aliphatic heterocycles. The smallest absolute Gasteiger partial charge is 0.284 e. The normalized spacial score (nSPS) is 22.0. The second kappa shape index (κ2) is 8.74. The van der Waals surface area contributed by atoms with Crippen molar-refractivity contribution < 1.29 is 4.79 Å². The largest absolute Gasteiger partial charge is 0.301 e. The number of hydrazine groups is 1. The Hall–Kier alpha value is -1.50. The van der Waals surface area contributed by atoms with Crippen molar-refractivity contribution in [2.45, 2.75) is 45.2 Å². The van der Waals surface area contributed by atoms with E-state index in [-0.39, 0.29) is 5.91 Å². The minimum absolute atomic E-state index is 0.112. The van der Waals surface area contributed by atoms with E-state index in [9.17, 15) is 4.79 Å². The highest BCUT2D eigenvalue weighted by atomic mass is 16.2. The molecule has 0 saturated carbocycles. The quantitative estimate of drug-likeness (QED) is 0.898. The summed E-state index contributed by atoms with van der Waals surface area (Å²) >= 11 is 0. The summed E-state index contributed by atoms with van der Waals surface area (Å²) in [5.74, 6) is -0.112. The van der Waals surface area contributed by atoms with Gasteiger partial charge in [-0.1, -0.05) is 6.07 Å². The van der Waals surface area contributed by atoms with Crippen LogP contribution >= 0.6 is 0 Å². The summed E-state index contributed by atoms with van der Waals surface area (Å²) in [6.07, 6.45) is 5.27. The highest BCUT2D eigenvalue weighted by molar-refractivity contribution is 5.91. The zero-order valence-electron chi connectivity index (χ0n) is 15.5. The second-order valence-electron chi connectivity index (χ2n) is 7.39.